The Bertz CT molecular complexity index is 374. The Morgan fingerprint density at radius 3 is 3.18 bits per heavy atom. The lowest BCUT2D eigenvalue weighted by Gasteiger charge is -1.83. The number of nitrogens with zero attached hydrogens (tertiary/aromatic N) is 1. The SMILES string of the molecule is NC(=O)c1cc2scnc2[nH]1. The lowest BCUT2D eigenvalue weighted by Crippen LogP contribution is -2.10. The van der Waals surface area contributed by atoms with E-state index in [1.54, 1.807) is 11.6 Å². The van der Waals surface area contributed by atoms with Crippen LogP contribution in [0.4, 0.5) is 0 Å². The van der Waals surface area contributed by atoms with Crippen molar-refractivity contribution >= 4 is 27.6 Å². The van der Waals surface area contributed by atoms with Crippen molar-refractivity contribution in [2.75, 3.05) is 0 Å². The minimum Gasteiger partial charge on any atom is -0.364 e. The van der Waals surface area contributed by atoms with Crippen molar-refractivity contribution in [1.82, 2.24) is 9.97 Å². The second kappa shape index (κ2) is 2.06. The number of carbonyl (C=O) groups is 1. The molecule has 0 unspecified atom stereocenters. The third kappa shape index (κ3) is 0.894. The number of amides is 1. The maximum Gasteiger partial charge on any atom is 0.265 e. The first-order valence-electron chi connectivity index (χ1n) is 2.99. The topological polar surface area (TPSA) is 71.8 Å². The lowest BCUT2D eigenvalue weighted by molar-refractivity contribution is 0.0996. The molecule has 2 aromatic heterocycles. The molecule has 0 atom stereocenters. The van der Waals surface area contributed by atoms with E-state index in [0.29, 0.717) is 5.69 Å². The van der Waals surface area contributed by atoms with Crippen LogP contribution >= 0.6 is 11.3 Å². The molecular weight excluding hydrogens is 162 g/mol. The average Bonchev–Trinajstić information content (AvgIpc) is 2.40. The van der Waals surface area contributed by atoms with E-state index in [1.165, 1.54) is 11.3 Å². The van der Waals surface area contributed by atoms with Gasteiger partial charge in [0, 0.05) is 0 Å². The molecule has 0 aromatic carbocycles. The van der Waals surface area contributed by atoms with Gasteiger partial charge in [-0.15, -0.1) is 11.3 Å². The third-order valence-electron chi connectivity index (χ3n) is 1.39. The lowest BCUT2D eigenvalue weighted by atomic mass is 10.4. The van der Waals surface area contributed by atoms with Gasteiger partial charge in [0.15, 0.2) is 0 Å². The van der Waals surface area contributed by atoms with E-state index in [9.17, 15) is 4.79 Å². The molecular formula is C6H5N3OS. The summed E-state index contributed by atoms with van der Waals surface area (Å²) < 4.78 is 0.957. The molecule has 0 radical (unpaired) electrons. The second-order valence-electron chi connectivity index (χ2n) is 2.11. The Morgan fingerprint density at radius 1 is 1.73 bits per heavy atom. The molecule has 0 aliphatic rings. The van der Waals surface area contributed by atoms with Crippen LogP contribution in [-0.2, 0) is 0 Å². The van der Waals surface area contributed by atoms with Gasteiger partial charge in [0.1, 0.15) is 11.3 Å². The molecule has 0 aliphatic heterocycles. The Morgan fingerprint density at radius 2 is 2.55 bits per heavy atom. The van der Waals surface area contributed by atoms with Crippen LogP contribution < -0.4 is 5.73 Å². The van der Waals surface area contributed by atoms with Crippen LogP contribution in [-0.4, -0.2) is 15.9 Å². The quantitative estimate of drug-likeness (QED) is 0.657. The number of rotatable bonds is 1. The summed E-state index contributed by atoms with van der Waals surface area (Å²) in [5.74, 6) is -0.449. The first-order valence-corrected chi connectivity index (χ1v) is 3.87. The van der Waals surface area contributed by atoms with Gasteiger partial charge in [0.2, 0.25) is 0 Å². The molecule has 0 saturated heterocycles. The first-order chi connectivity index (χ1) is 5.27. The third-order valence-corrected chi connectivity index (χ3v) is 2.16. The van der Waals surface area contributed by atoms with E-state index in [-0.39, 0.29) is 0 Å². The molecule has 3 N–H and O–H groups in total. The highest BCUT2D eigenvalue weighted by atomic mass is 32.1. The highest BCUT2D eigenvalue weighted by Crippen LogP contribution is 2.17. The summed E-state index contributed by atoms with van der Waals surface area (Å²) in [5.41, 5.74) is 7.90. The standard InChI is InChI=1S/C6H5N3OS/c7-5(10)3-1-4-6(9-3)8-2-11-4/h1-2,9H,(H2,7,10). The highest BCUT2D eigenvalue weighted by Gasteiger charge is 2.05. The van der Waals surface area contributed by atoms with Crippen LogP contribution in [0.3, 0.4) is 0 Å². The molecule has 2 rings (SSSR count). The molecule has 0 aliphatic carbocycles. The van der Waals surface area contributed by atoms with Crippen molar-refractivity contribution in [3.05, 3.63) is 17.3 Å². The van der Waals surface area contributed by atoms with E-state index < -0.39 is 5.91 Å². The minimum atomic E-state index is -0.449. The zero-order chi connectivity index (χ0) is 7.84. The van der Waals surface area contributed by atoms with Crippen molar-refractivity contribution in [2.45, 2.75) is 0 Å². The van der Waals surface area contributed by atoms with E-state index in [4.69, 9.17) is 5.73 Å². The van der Waals surface area contributed by atoms with Crippen molar-refractivity contribution in [3.8, 4) is 0 Å². The fraction of sp³-hybridized carbons (Fsp3) is 0. The molecule has 0 saturated carbocycles. The van der Waals surface area contributed by atoms with Crippen LogP contribution in [0.15, 0.2) is 11.6 Å². The van der Waals surface area contributed by atoms with Crippen molar-refractivity contribution in [1.29, 1.82) is 0 Å². The van der Waals surface area contributed by atoms with E-state index >= 15 is 0 Å². The van der Waals surface area contributed by atoms with E-state index in [1.807, 2.05) is 0 Å². The molecule has 0 fully saturated rings. The molecule has 4 nitrogen and oxygen atoms in total. The van der Waals surface area contributed by atoms with E-state index in [0.717, 1.165) is 10.3 Å². The van der Waals surface area contributed by atoms with Gasteiger partial charge in [0.25, 0.3) is 5.91 Å². The molecule has 2 heterocycles. The van der Waals surface area contributed by atoms with Gasteiger partial charge >= 0.3 is 0 Å². The van der Waals surface area contributed by atoms with Crippen LogP contribution in [0.25, 0.3) is 10.3 Å². The van der Waals surface area contributed by atoms with Gasteiger partial charge in [-0.25, -0.2) is 4.98 Å². The van der Waals surface area contributed by atoms with Crippen LogP contribution in [0, 0.1) is 0 Å². The van der Waals surface area contributed by atoms with Gasteiger partial charge in [-0.2, -0.15) is 0 Å². The second-order valence-corrected chi connectivity index (χ2v) is 3.00. The Hall–Kier alpha value is -1.36. The normalized spacial score (nSPS) is 10.5. The minimum absolute atomic E-state index is 0.416. The molecule has 11 heavy (non-hydrogen) atoms. The van der Waals surface area contributed by atoms with Gasteiger partial charge in [0.05, 0.1) is 10.2 Å². The van der Waals surface area contributed by atoms with Crippen molar-refractivity contribution in [3.63, 3.8) is 0 Å². The fourth-order valence-electron chi connectivity index (χ4n) is 0.879. The maximum atomic E-state index is 10.6. The average molecular weight is 167 g/mol. The summed E-state index contributed by atoms with van der Waals surface area (Å²) in [6, 6.07) is 1.70. The largest absolute Gasteiger partial charge is 0.364 e. The number of primary amides is 1. The monoisotopic (exact) mass is 167 g/mol. The summed E-state index contributed by atoms with van der Waals surface area (Å²) in [5, 5.41) is 0. The number of carbonyl (C=O) groups excluding carboxylic acids is 1. The number of aromatic nitrogens is 2. The van der Waals surface area contributed by atoms with Crippen molar-refractivity contribution < 1.29 is 4.79 Å². The summed E-state index contributed by atoms with van der Waals surface area (Å²) in [7, 11) is 0. The number of aromatic amines is 1. The van der Waals surface area contributed by atoms with Crippen molar-refractivity contribution in [2.24, 2.45) is 5.73 Å². The van der Waals surface area contributed by atoms with E-state index in [2.05, 4.69) is 9.97 Å². The first kappa shape index (κ1) is 6.36. The highest BCUT2D eigenvalue weighted by molar-refractivity contribution is 7.16. The molecule has 0 bridgehead atoms. The number of hydrogen-bond acceptors (Lipinski definition) is 3. The van der Waals surface area contributed by atoms with Gasteiger partial charge < -0.3 is 10.7 Å². The zero-order valence-corrected chi connectivity index (χ0v) is 6.31. The van der Waals surface area contributed by atoms with Crippen LogP contribution in [0.5, 0.6) is 0 Å². The van der Waals surface area contributed by atoms with Crippen LogP contribution in [0.2, 0.25) is 0 Å². The summed E-state index contributed by atoms with van der Waals surface area (Å²) in [6.45, 7) is 0. The summed E-state index contributed by atoms with van der Waals surface area (Å²) in [6.07, 6.45) is 0. The predicted octanol–water partition coefficient (Wildman–Crippen LogP) is 0.723. The smallest absolute Gasteiger partial charge is 0.265 e. The number of H-pyrrole nitrogens is 1. The molecule has 5 heteroatoms. The zero-order valence-electron chi connectivity index (χ0n) is 5.50. The molecule has 1 amide bonds. The van der Waals surface area contributed by atoms with Gasteiger partial charge in [-0.1, -0.05) is 0 Å². The fourth-order valence-corrected chi connectivity index (χ4v) is 1.55. The number of thiazole rings is 1. The Labute approximate surface area is 66.0 Å². The molecule has 0 spiro atoms. The number of fused-ring (bicyclic) bond motifs is 1. The Balaban J connectivity index is 2.67. The molecule has 56 valence electrons. The predicted molar refractivity (Wildman–Crippen MR) is 42.5 cm³/mol. The van der Waals surface area contributed by atoms with Gasteiger partial charge in [-0.05, 0) is 6.07 Å². The van der Waals surface area contributed by atoms with Gasteiger partial charge in [-0.3, -0.25) is 4.79 Å². The summed E-state index contributed by atoms with van der Waals surface area (Å²) >= 11 is 1.48. The number of hydrogen-bond donors (Lipinski definition) is 2. The number of nitrogens with two attached hydrogens (primary N) is 1. The number of nitrogens with one attached hydrogen (secondary N) is 1. The maximum absolute atomic E-state index is 10.6. The summed E-state index contributed by atoms with van der Waals surface area (Å²) in [4.78, 5) is 17.4. The molecule has 2 aromatic rings. The van der Waals surface area contributed by atoms with Crippen LogP contribution in [0.1, 0.15) is 10.5 Å². The Kier molecular flexibility index (Phi) is 1.19.